The minimum absolute atomic E-state index is 0.0510. The second-order valence-corrected chi connectivity index (χ2v) is 9.64. The molecule has 1 aromatic heterocycles. The molecule has 2 heterocycles. The number of amides is 1. The van der Waals surface area contributed by atoms with Crippen LogP contribution in [0.3, 0.4) is 0 Å². The molecular weight excluding hydrogens is 444 g/mol. The highest BCUT2D eigenvalue weighted by atomic mass is 16.5. The molecule has 180 valence electrons. The van der Waals surface area contributed by atoms with Crippen molar-refractivity contribution in [2.75, 3.05) is 24.9 Å². The van der Waals surface area contributed by atoms with E-state index in [9.17, 15) is 9.59 Å². The summed E-state index contributed by atoms with van der Waals surface area (Å²) in [5.74, 6) is 1.55. The van der Waals surface area contributed by atoms with Crippen molar-refractivity contribution in [2.45, 2.75) is 32.7 Å². The third-order valence-electron chi connectivity index (χ3n) is 6.51. The number of ketones is 1. The molecule has 0 spiro atoms. The SMILES string of the molecule is COc1ccc(OC)c(C2C3=C(CC(C)(C)CC3=O)Nc3c(C(=O)Nc4ccccc4)cnn32)c1. The summed E-state index contributed by atoms with van der Waals surface area (Å²) in [6.45, 7) is 4.15. The van der Waals surface area contributed by atoms with Gasteiger partial charge in [0.1, 0.15) is 28.9 Å². The number of para-hydroxylation sites is 1. The third-order valence-corrected chi connectivity index (χ3v) is 6.51. The number of allylic oxidation sites excluding steroid dienone is 2. The van der Waals surface area contributed by atoms with Crippen LogP contribution < -0.4 is 20.1 Å². The summed E-state index contributed by atoms with van der Waals surface area (Å²) in [5, 5.41) is 10.9. The standard InChI is InChI=1S/C27H28N4O4/c1-27(2)13-20-23(21(32)14-27)24(18-12-17(34-3)10-11-22(18)35-4)31-25(30-20)19(15-28-31)26(33)29-16-8-6-5-7-9-16/h5-12,15,24,30H,13-14H2,1-4H3,(H,29,33). The number of carbonyl (C=O) groups excluding carboxylic acids is 2. The monoisotopic (exact) mass is 472 g/mol. The van der Waals surface area contributed by atoms with Gasteiger partial charge in [-0.3, -0.25) is 9.59 Å². The van der Waals surface area contributed by atoms with Gasteiger partial charge in [-0.1, -0.05) is 32.0 Å². The van der Waals surface area contributed by atoms with Gasteiger partial charge in [0, 0.05) is 28.9 Å². The summed E-state index contributed by atoms with van der Waals surface area (Å²) in [5.41, 5.74) is 3.06. The van der Waals surface area contributed by atoms with E-state index in [2.05, 4.69) is 29.6 Å². The zero-order valence-electron chi connectivity index (χ0n) is 20.2. The minimum Gasteiger partial charge on any atom is -0.497 e. The topological polar surface area (TPSA) is 94.5 Å². The van der Waals surface area contributed by atoms with E-state index < -0.39 is 6.04 Å². The van der Waals surface area contributed by atoms with E-state index in [4.69, 9.17) is 9.47 Å². The zero-order chi connectivity index (χ0) is 24.7. The molecular formula is C27H28N4O4. The van der Waals surface area contributed by atoms with E-state index in [1.807, 2.05) is 48.5 Å². The first kappa shape index (κ1) is 22.7. The van der Waals surface area contributed by atoms with Crippen LogP contribution in [-0.2, 0) is 4.79 Å². The van der Waals surface area contributed by atoms with Gasteiger partial charge in [-0.05, 0) is 42.2 Å². The number of rotatable bonds is 5. The van der Waals surface area contributed by atoms with Crippen molar-refractivity contribution in [3.63, 3.8) is 0 Å². The van der Waals surface area contributed by atoms with Crippen molar-refractivity contribution in [1.82, 2.24) is 9.78 Å². The number of hydrogen-bond acceptors (Lipinski definition) is 6. The van der Waals surface area contributed by atoms with Crippen LogP contribution in [0.25, 0.3) is 0 Å². The summed E-state index contributed by atoms with van der Waals surface area (Å²) in [7, 11) is 3.19. The molecule has 8 heteroatoms. The molecule has 3 aromatic rings. The minimum atomic E-state index is -0.562. The Morgan fingerprint density at radius 1 is 1.11 bits per heavy atom. The van der Waals surface area contributed by atoms with Crippen LogP contribution in [0.15, 0.2) is 66.0 Å². The average molecular weight is 473 g/mol. The normalized spacial score (nSPS) is 18.3. The highest BCUT2D eigenvalue weighted by Crippen LogP contribution is 2.48. The lowest BCUT2D eigenvalue weighted by Crippen LogP contribution is -2.37. The number of carbonyl (C=O) groups is 2. The van der Waals surface area contributed by atoms with Crippen molar-refractivity contribution in [3.05, 3.63) is 77.1 Å². The number of fused-ring (bicyclic) bond motifs is 1. The maximum atomic E-state index is 13.5. The molecule has 0 radical (unpaired) electrons. The fourth-order valence-electron chi connectivity index (χ4n) is 4.94. The number of nitrogens with one attached hydrogen (secondary N) is 2. The van der Waals surface area contributed by atoms with E-state index in [0.29, 0.717) is 47.0 Å². The Balaban J connectivity index is 1.66. The van der Waals surface area contributed by atoms with Crippen LogP contribution in [-0.4, -0.2) is 35.7 Å². The predicted molar refractivity (Wildman–Crippen MR) is 133 cm³/mol. The number of hydrogen-bond donors (Lipinski definition) is 2. The zero-order valence-corrected chi connectivity index (χ0v) is 20.2. The van der Waals surface area contributed by atoms with Crippen molar-refractivity contribution in [2.24, 2.45) is 5.41 Å². The number of nitrogens with zero attached hydrogens (tertiary/aromatic N) is 2. The largest absolute Gasteiger partial charge is 0.497 e. The number of anilines is 2. The lowest BCUT2D eigenvalue weighted by atomic mass is 9.73. The summed E-state index contributed by atoms with van der Waals surface area (Å²) in [4.78, 5) is 26.7. The smallest absolute Gasteiger partial charge is 0.261 e. The van der Waals surface area contributed by atoms with Crippen LogP contribution >= 0.6 is 0 Å². The molecule has 1 aliphatic heterocycles. The summed E-state index contributed by atoms with van der Waals surface area (Å²) in [6, 6.07) is 14.2. The molecule has 2 aromatic carbocycles. The van der Waals surface area contributed by atoms with Crippen molar-refractivity contribution < 1.29 is 19.1 Å². The number of aromatic nitrogens is 2. The van der Waals surface area contributed by atoms with Gasteiger partial charge in [0.15, 0.2) is 5.78 Å². The molecule has 1 atom stereocenters. The van der Waals surface area contributed by atoms with Gasteiger partial charge in [-0.25, -0.2) is 4.68 Å². The van der Waals surface area contributed by atoms with Crippen molar-refractivity contribution in [1.29, 1.82) is 0 Å². The maximum absolute atomic E-state index is 13.5. The number of ether oxygens (including phenoxy) is 2. The first-order valence-corrected chi connectivity index (χ1v) is 11.5. The van der Waals surface area contributed by atoms with Crippen LogP contribution in [0.2, 0.25) is 0 Å². The fourth-order valence-corrected chi connectivity index (χ4v) is 4.94. The molecule has 35 heavy (non-hydrogen) atoms. The van der Waals surface area contributed by atoms with Gasteiger partial charge in [0.25, 0.3) is 5.91 Å². The number of benzene rings is 2. The van der Waals surface area contributed by atoms with E-state index in [0.717, 1.165) is 11.3 Å². The molecule has 2 aliphatic rings. The van der Waals surface area contributed by atoms with E-state index in [1.165, 1.54) is 6.20 Å². The molecule has 5 rings (SSSR count). The summed E-state index contributed by atoms with van der Waals surface area (Å²) in [6.07, 6.45) is 2.63. The Hall–Kier alpha value is -4.07. The van der Waals surface area contributed by atoms with Crippen LogP contribution in [0.4, 0.5) is 11.5 Å². The van der Waals surface area contributed by atoms with E-state index >= 15 is 0 Å². The van der Waals surface area contributed by atoms with Crippen molar-refractivity contribution >= 4 is 23.2 Å². The Morgan fingerprint density at radius 3 is 2.60 bits per heavy atom. The van der Waals surface area contributed by atoms with Crippen LogP contribution in [0.5, 0.6) is 11.5 Å². The number of methoxy groups -OCH3 is 2. The van der Waals surface area contributed by atoms with Gasteiger partial charge >= 0.3 is 0 Å². The predicted octanol–water partition coefficient (Wildman–Crippen LogP) is 4.81. The molecule has 0 fully saturated rings. The lowest BCUT2D eigenvalue weighted by Gasteiger charge is -2.39. The van der Waals surface area contributed by atoms with Crippen molar-refractivity contribution in [3.8, 4) is 11.5 Å². The Kier molecular flexibility index (Phi) is 5.59. The van der Waals surface area contributed by atoms with E-state index in [-0.39, 0.29) is 17.1 Å². The second-order valence-electron chi connectivity index (χ2n) is 9.64. The van der Waals surface area contributed by atoms with Crippen LogP contribution in [0.1, 0.15) is 48.7 Å². The molecule has 8 nitrogen and oxygen atoms in total. The Morgan fingerprint density at radius 2 is 1.89 bits per heavy atom. The summed E-state index contributed by atoms with van der Waals surface area (Å²) < 4.78 is 12.8. The lowest BCUT2D eigenvalue weighted by molar-refractivity contribution is -0.118. The highest BCUT2D eigenvalue weighted by molar-refractivity contribution is 6.08. The Labute approximate surface area is 203 Å². The quantitative estimate of drug-likeness (QED) is 0.553. The average Bonchev–Trinajstić information content (AvgIpc) is 3.26. The maximum Gasteiger partial charge on any atom is 0.261 e. The molecule has 2 N–H and O–H groups in total. The summed E-state index contributed by atoms with van der Waals surface area (Å²) >= 11 is 0. The molecule has 0 saturated heterocycles. The first-order valence-electron chi connectivity index (χ1n) is 11.5. The number of Topliss-reactive ketones (excluding diaryl/α,β-unsaturated/α-hetero) is 1. The molecule has 0 bridgehead atoms. The Bertz CT molecular complexity index is 1340. The van der Waals surface area contributed by atoms with Gasteiger partial charge in [0.05, 0.1) is 20.4 Å². The molecule has 1 aliphatic carbocycles. The highest BCUT2D eigenvalue weighted by Gasteiger charge is 2.43. The van der Waals surface area contributed by atoms with Gasteiger partial charge < -0.3 is 20.1 Å². The third kappa shape index (κ3) is 4.05. The van der Waals surface area contributed by atoms with Gasteiger partial charge in [-0.2, -0.15) is 5.10 Å². The molecule has 1 unspecified atom stereocenters. The second kappa shape index (κ2) is 8.61. The molecule has 1 amide bonds. The fraction of sp³-hybridized carbons (Fsp3) is 0.296. The van der Waals surface area contributed by atoms with Gasteiger partial charge in [-0.15, -0.1) is 0 Å². The van der Waals surface area contributed by atoms with E-state index in [1.54, 1.807) is 18.9 Å². The first-order chi connectivity index (χ1) is 16.8. The van der Waals surface area contributed by atoms with Crippen LogP contribution in [0, 0.1) is 5.41 Å². The van der Waals surface area contributed by atoms with Gasteiger partial charge in [0.2, 0.25) is 0 Å². The molecule has 0 saturated carbocycles.